The van der Waals surface area contributed by atoms with Crippen molar-refractivity contribution in [3.63, 3.8) is 0 Å². The number of thioether (sulfide) groups is 1. The summed E-state index contributed by atoms with van der Waals surface area (Å²) in [5.41, 5.74) is 2.08. The van der Waals surface area contributed by atoms with Crippen LogP contribution in [0.25, 0.3) is 0 Å². The zero-order valence-electron chi connectivity index (χ0n) is 12.9. The molecule has 0 spiro atoms. The van der Waals surface area contributed by atoms with E-state index in [0.717, 1.165) is 21.6 Å². The zero-order valence-corrected chi connectivity index (χ0v) is 14.6. The fraction of sp³-hybridized carbons (Fsp3) is 0.400. The largest absolute Gasteiger partial charge is 0.363 e. The maximum atomic E-state index is 12.1. The molecule has 0 aliphatic rings. The Morgan fingerprint density at radius 1 is 1.36 bits per heavy atom. The lowest BCUT2D eigenvalue weighted by Crippen LogP contribution is -2.15. The predicted octanol–water partition coefficient (Wildman–Crippen LogP) is 3.82. The Morgan fingerprint density at radius 2 is 2.14 bits per heavy atom. The summed E-state index contributed by atoms with van der Waals surface area (Å²) in [7, 11) is 1.80. The monoisotopic (exact) mass is 336 g/mol. The van der Waals surface area contributed by atoms with Gasteiger partial charge in [-0.2, -0.15) is 0 Å². The fourth-order valence-corrected chi connectivity index (χ4v) is 3.45. The third-order valence-corrected chi connectivity index (χ3v) is 5.40. The van der Waals surface area contributed by atoms with Gasteiger partial charge < -0.3 is 10.6 Å². The molecule has 2 N–H and O–H groups in total. The first kappa shape index (κ1) is 16.8. The average Bonchev–Trinajstić information content (AvgIpc) is 3.01. The van der Waals surface area contributed by atoms with Gasteiger partial charge in [-0.3, -0.25) is 4.79 Å². The Morgan fingerprint density at radius 3 is 2.82 bits per heavy atom. The van der Waals surface area contributed by atoms with Crippen molar-refractivity contribution in [1.82, 2.24) is 10.2 Å². The number of benzene rings is 1. The van der Waals surface area contributed by atoms with Gasteiger partial charge in [-0.15, -0.1) is 10.2 Å². The molecule has 1 atom stereocenters. The molecule has 118 valence electrons. The first-order chi connectivity index (χ1) is 10.6. The Hall–Kier alpha value is -1.60. The molecule has 5 nitrogen and oxygen atoms in total. The van der Waals surface area contributed by atoms with Crippen molar-refractivity contribution in [2.75, 3.05) is 23.4 Å². The highest BCUT2D eigenvalue weighted by Gasteiger charge is 2.12. The summed E-state index contributed by atoms with van der Waals surface area (Å²) in [5, 5.41) is 14.6. The quantitative estimate of drug-likeness (QED) is 0.752. The number of carbonyl (C=O) groups excluding carboxylic acids is 1. The van der Waals surface area contributed by atoms with Gasteiger partial charge in [0.25, 0.3) is 0 Å². The van der Waals surface area contributed by atoms with Crippen LogP contribution < -0.4 is 10.6 Å². The molecule has 0 aliphatic carbocycles. The van der Waals surface area contributed by atoms with Gasteiger partial charge in [0.15, 0.2) is 4.34 Å². The lowest BCUT2D eigenvalue weighted by molar-refractivity contribution is -0.113. The van der Waals surface area contributed by atoms with Gasteiger partial charge in [0.05, 0.1) is 5.75 Å². The average molecular weight is 336 g/mol. The molecule has 2 rings (SSSR count). The first-order valence-electron chi connectivity index (χ1n) is 7.16. The maximum Gasteiger partial charge on any atom is 0.234 e. The molecular formula is C15H20N4OS2. The molecule has 0 fully saturated rings. The van der Waals surface area contributed by atoms with E-state index in [1.807, 2.05) is 18.2 Å². The van der Waals surface area contributed by atoms with E-state index in [1.54, 1.807) is 7.05 Å². The van der Waals surface area contributed by atoms with Crippen molar-refractivity contribution in [2.24, 2.45) is 0 Å². The summed E-state index contributed by atoms with van der Waals surface area (Å²) in [5.74, 6) is 0.722. The minimum atomic E-state index is -0.0260. The van der Waals surface area contributed by atoms with E-state index in [4.69, 9.17) is 0 Å². The zero-order chi connectivity index (χ0) is 15.9. The number of carbonyl (C=O) groups is 1. The van der Waals surface area contributed by atoms with E-state index in [-0.39, 0.29) is 5.91 Å². The summed E-state index contributed by atoms with van der Waals surface area (Å²) in [6.45, 7) is 4.31. The molecule has 1 aromatic carbocycles. The van der Waals surface area contributed by atoms with E-state index >= 15 is 0 Å². The molecule has 0 aliphatic heterocycles. The van der Waals surface area contributed by atoms with Crippen LogP contribution in [0.2, 0.25) is 0 Å². The number of nitrogens with zero attached hydrogens (tertiary/aromatic N) is 2. The maximum absolute atomic E-state index is 12.1. The normalized spacial score (nSPS) is 12.0. The number of anilines is 2. The second-order valence-corrected chi connectivity index (χ2v) is 7.06. The molecule has 1 amide bonds. The summed E-state index contributed by atoms with van der Waals surface area (Å²) < 4.78 is 0.787. The lowest BCUT2D eigenvalue weighted by atomic mass is 9.97. The Labute approximate surface area is 138 Å². The second-order valence-electron chi connectivity index (χ2n) is 4.86. The first-order valence-corrected chi connectivity index (χ1v) is 8.97. The number of para-hydroxylation sites is 1. The molecule has 0 bridgehead atoms. The van der Waals surface area contributed by atoms with Crippen molar-refractivity contribution in [3.8, 4) is 0 Å². The molecule has 1 aromatic heterocycles. The standard InChI is InChI=1S/C15H20N4OS2/c1-4-10(2)11-7-5-6-8-12(11)17-13(20)9-21-15-19-18-14(16-3)22-15/h5-8,10H,4,9H2,1-3H3,(H,16,18)(H,17,20)/t10-/m0/s1. The van der Waals surface area contributed by atoms with E-state index in [2.05, 4.69) is 40.7 Å². The number of rotatable bonds is 7. The van der Waals surface area contributed by atoms with Crippen LogP contribution in [0.4, 0.5) is 10.8 Å². The summed E-state index contributed by atoms with van der Waals surface area (Å²) >= 11 is 2.84. The van der Waals surface area contributed by atoms with Crippen molar-refractivity contribution >= 4 is 39.8 Å². The molecule has 1 heterocycles. The molecule has 7 heteroatoms. The fourth-order valence-electron chi connectivity index (χ4n) is 1.94. The number of aromatic nitrogens is 2. The second kappa shape index (κ2) is 8.14. The van der Waals surface area contributed by atoms with Gasteiger partial charge in [0, 0.05) is 12.7 Å². The van der Waals surface area contributed by atoms with Crippen LogP contribution in [0.5, 0.6) is 0 Å². The molecule has 0 radical (unpaired) electrons. The summed E-state index contributed by atoms with van der Waals surface area (Å²) in [4.78, 5) is 12.1. The SMILES string of the molecule is CC[C@H](C)c1ccccc1NC(=O)CSc1nnc(NC)s1. The van der Waals surface area contributed by atoms with Crippen LogP contribution in [0.3, 0.4) is 0 Å². The molecule has 0 saturated heterocycles. The Bertz CT molecular complexity index is 630. The number of amides is 1. The highest BCUT2D eigenvalue weighted by Crippen LogP contribution is 2.28. The number of nitrogens with one attached hydrogen (secondary N) is 2. The summed E-state index contributed by atoms with van der Waals surface area (Å²) in [6, 6.07) is 7.97. The van der Waals surface area contributed by atoms with Crippen LogP contribution in [0.1, 0.15) is 31.7 Å². The van der Waals surface area contributed by atoms with Gasteiger partial charge in [0.2, 0.25) is 11.0 Å². The van der Waals surface area contributed by atoms with E-state index < -0.39 is 0 Å². The van der Waals surface area contributed by atoms with Crippen molar-refractivity contribution in [3.05, 3.63) is 29.8 Å². The third kappa shape index (κ3) is 4.45. The molecule has 0 saturated carbocycles. The topological polar surface area (TPSA) is 66.9 Å². The van der Waals surface area contributed by atoms with Crippen LogP contribution in [-0.2, 0) is 4.79 Å². The molecule has 0 unspecified atom stereocenters. The van der Waals surface area contributed by atoms with Gasteiger partial charge >= 0.3 is 0 Å². The van der Waals surface area contributed by atoms with Gasteiger partial charge in [-0.1, -0.05) is 55.1 Å². The van der Waals surface area contributed by atoms with Crippen molar-refractivity contribution in [1.29, 1.82) is 0 Å². The molecule has 2 aromatic rings. The van der Waals surface area contributed by atoms with Crippen molar-refractivity contribution in [2.45, 2.75) is 30.5 Å². The minimum Gasteiger partial charge on any atom is -0.363 e. The smallest absolute Gasteiger partial charge is 0.234 e. The van der Waals surface area contributed by atoms with Crippen LogP contribution in [0.15, 0.2) is 28.6 Å². The van der Waals surface area contributed by atoms with E-state index in [1.165, 1.54) is 28.7 Å². The van der Waals surface area contributed by atoms with Crippen LogP contribution in [0, 0.1) is 0 Å². The van der Waals surface area contributed by atoms with E-state index in [0.29, 0.717) is 11.7 Å². The molecule has 22 heavy (non-hydrogen) atoms. The van der Waals surface area contributed by atoms with Crippen LogP contribution >= 0.6 is 23.1 Å². The van der Waals surface area contributed by atoms with Gasteiger partial charge in [-0.05, 0) is 24.0 Å². The van der Waals surface area contributed by atoms with Crippen LogP contribution in [-0.4, -0.2) is 28.9 Å². The minimum absolute atomic E-state index is 0.0260. The predicted molar refractivity (Wildman–Crippen MR) is 94.0 cm³/mol. The highest BCUT2D eigenvalue weighted by molar-refractivity contribution is 8.01. The summed E-state index contributed by atoms with van der Waals surface area (Å²) in [6.07, 6.45) is 1.04. The Kier molecular flexibility index (Phi) is 6.21. The number of hydrogen-bond acceptors (Lipinski definition) is 6. The molecular weight excluding hydrogens is 316 g/mol. The van der Waals surface area contributed by atoms with Crippen molar-refractivity contribution < 1.29 is 4.79 Å². The van der Waals surface area contributed by atoms with Gasteiger partial charge in [-0.25, -0.2) is 0 Å². The third-order valence-electron chi connectivity index (χ3n) is 3.33. The lowest BCUT2D eigenvalue weighted by Gasteiger charge is -2.15. The van der Waals surface area contributed by atoms with E-state index in [9.17, 15) is 4.79 Å². The number of hydrogen-bond donors (Lipinski definition) is 2. The highest BCUT2D eigenvalue weighted by atomic mass is 32.2. The van der Waals surface area contributed by atoms with Gasteiger partial charge in [0.1, 0.15) is 0 Å². The Balaban J connectivity index is 1.94.